The van der Waals surface area contributed by atoms with Crippen molar-refractivity contribution in [2.24, 2.45) is 24.8 Å². The Morgan fingerprint density at radius 3 is 2.73 bits per heavy atom. The second kappa shape index (κ2) is 3.00. The molecule has 2 aliphatic carbocycles. The molecule has 2 unspecified atom stereocenters. The summed E-state index contributed by atoms with van der Waals surface area (Å²) in [6.07, 6.45) is 5.54. The van der Waals surface area contributed by atoms with Crippen LogP contribution in [0.15, 0.2) is 0 Å². The van der Waals surface area contributed by atoms with Crippen molar-refractivity contribution in [2.45, 2.75) is 32.6 Å². The molecule has 2 aliphatic rings. The Labute approximate surface area is 90.7 Å². The van der Waals surface area contributed by atoms with Crippen LogP contribution >= 0.6 is 0 Å². The van der Waals surface area contributed by atoms with Crippen molar-refractivity contribution in [2.75, 3.05) is 5.73 Å². The van der Waals surface area contributed by atoms with Crippen LogP contribution in [0.5, 0.6) is 0 Å². The average molecular weight is 205 g/mol. The van der Waals surface area contributed by atoms with Gasteiger partial charge in [0, 0.05) is 12.6 Å². The molecule has 0 saturated heterocycles. The molecule has 2 atom stereocenters. The number of hydrogen-bond donors (Lipinski definition) is 1. The smallest absolute Gasteiger partial charge is 0.124 e. The number of aryl methyl sites for hydroxylation is 1. The number of nitrogens with zero attached hydrogens (tertiary/aromatic N) is 2. The summed E-state index contributed by atoms with van der Waals surface area (Å²) in [5.74, 6) is 3.82. The number of nitrogens with two attached hydrogens (primary N) is 1. The van der Waals surface area contributed by atoms with Crippen LogP contribution in [0.3, 0.4) is 0 Å². The molecule has 0 aromatic carbocycles. The van der Waals surface area contributed by atoms with E-state index in [0.29, 0.717) is 0 Å². The van der Waals surface area contributed by atoms with Gasteiger partial charge in [-0.05, 0) is 50.4 Å². The maximum Gasteiger partial charge on any atom is 0.124 e. The Kier molecular flexibility index (Phi) is 1.85. The molecule has 0 bridgehead atoms. The van der Waals surface area contributed by atoms with Gasteiger partial charge >= 0.3 is 0 Å². The lowest BCUT2D eigenvalue weighted by Gasteiger charge is -1.97. The molecule has 1 aromatic heterocycles. The minimum absolute atomic E-state index is 0.827. The van der Waals surface area contributed by atoms with Gasteiger partial charge in [0.1, 0.15) is 5.82 Å². The van der Waals surface area contributed by atoms with Gasteiger partial charge in [0.25, 0.3) is 0 Å². The number of rotatable bonds is 3. The molecule has 2 N–H and O–H groups in total. The van der Waals surface area contributed by atoms with Crippen LogP contribution in [0.25, 0.3) is 0 Å². The Hall–Kier alpha value is -0.990. The first-order chi connectivity index (χ1) is 7.16. The Morgan fingerprint density at radius 1 is 1.47 bits per heavy atom. The van der Waals surface area contributed by atoms with Crippen molar-refractivity contribution in [3.8, 4) is 0 Å². The summed E-state index contributed by atoms with van der Waals surface area (Å²) in [6.45, 7) is 2.09. The zero-order valence-corrected chi connectivity index (χ0v) is 9.53. The quantitative estimate of drug-likeness (QED) is 0.819. The van der Waals surface area contributed by atoms with Gasteiger partial charge in [0.15, 0.2) is 0 Å². The van der Waals surface area contributed by atoms with Crippen molar-refractivity contribution < 1.29 is 0 Å². The highest BCUT2D eigenvalue weighted by atomic mass is 15.3. The topological polar surface area (TPSA) is 43.8 Å². The van der Waals surface area contributed by atoms with Gasteiger partial charge in [-0.1, -0.05) is 0 Å². The van der Waals surface area contributed by atoms with E-state index in [9.17, 15) is 0 Å². The van der Waals surface area contributed by atoms with Gasteiger partial charge in [0.2, 0.25) is 0 Å². The SMILES string of the molecule is Cc1c(CC2CC2C2CC2)nn(C)c1N. The molecule has 3 nitrogen and oxygen atoms in total. The summed E-state index contributed by atoms with van der Waals surface area (Å²) in [4.78, 5) is 0. The Bertz CT molecular complexity index is 390. The maximum atomic E-state index is 5.91. The Morgan fingerprint density at radius 2 is 2.20 bits per heavy atom. The van der Waals surface area contributed by atoms with Crippen molar-refractivity contribution in [1.82, 2.24) is 9.78 Å². The highest BCUT2D eigenvalue weighted by Gasteiger charge is 2.47. The van der Waals surface area contributed by atoms with Crippen molar-refractivity contribution in [3.05, 3.63) is 11.3 Å². The average Bonchev–Trinajstić information content (AvgIpc) is 3.04. The van der Waals surface area contributed by atoms with Crippen LogP contribution in [-0.4, -0.2) is 9.78 Å². The molecular formula is C12H19N3. The van der Waals surface area contributed by atoms with E-state index >= 15 is 0 Å². The predicted molar refractivity (Wildman–Crippen MR) is 60.4 cm³/mol. The second-order valence-corrected chi connectivity index (χ2v) is 5.28. The molecule has 3 heteroatoms. The fourth-order valence-corrected chi connectivity index (χ4v) is 2.75. The van der Waals surface area contributed by atoms with Gasteiger partial charge in [-0.25, -0.2) is 0 Å². The first-order valence-corrected chi connectivity index (χ1v) is 5.94. The van der Waals surface area contributed by atoms with Crippen LogP contribution in [0.2, 0.25) is 0 Å². The van der Waals surface area contributed by atoms with E-state index in [1.165, 1.54) is 30.5 Å². The Balaban J connectivity index is 1.69. The summed E-state index contributed by atoms with van der Waals surface area (Å²) < 4.78 is 1.80. The molecule has 1 heterocycles. The van der Waals surface area contributed by atoms with Crippen LogP contribution in [-0.2, 0) is 13.5 Å². The third kappa shape index (κ3) is 1.54. The standard InChI is InChI=1S/C12H19N3/c1-7-11(14-15(2)12(7)13)6-9-5-10(9)8-3-4-8/h8-10H,3-6,13H2,1-2H3. The van der Waals surface area contributed by atoms with Crippen molar-refractivity contribution in [3.63, 3.8) is 0 Å². The minimum Gasteiger partial charge on any atom is -0.384 e. The summed E-state index contributed by atoms with van der Waals surface area (Å²) in [5, 5.41) is 4.50. The van der Waals surface area contributed by atoms with E-state index in [0.717, 1.165) is 30.0 Å². The molecule has 1 aromatic rings. The van der Waals surface area contributed by atoms with E-state index in [4.69, 9.17) is 5.73 Å². The molecule has 15 heavy (non-hydrogen) atoms. The van der Waals surface area contributed by atoms with E-state index in [1.807, 2.05) is 7.05 Å². The third-order valence-electron chi connectivity index (χ3n) is 4.10. The largest absolute Gasteiger partial charge is 0.384 e. The van der Waals surface area contributed by atoms with E-state index in [2.05, 4.69) is 12.0 Å². The number of nitrogen functional groups attached to an aromatic ring is 1. The fourth-order valence-electron chi connectivity index (χ4n) is 2.75. The lowest BCUT2D eigenvalue weighted by atomic mass is 10.1. The summed E-state index contributed by atoms with van der Waals surface area (Å²) in [5.41, 5.74) is 8.32. The number of aromatic nitrogens is 2. The lowest BCUT2D eigenvalue weighted by molar-refractivity contribution is 0.613. The zero-order valence-electron chi connectivity index (χ0n) is 9.53. The fraction of sp³-hybridized carbons (Fsp3) is 0.750. The zero-order chi connectivity index (χ0) is 10.6. The third-order valence-corrected chi connectivity index (χ3v) is 4.10. The summed E-state index contributed by atoms with van der Waals surface area (Å²) in [7, 11) is 1.93. The lowest BCUT2D eigenvalue weighted by Crippen LogP contribution is -1.98. The van der Waals surface area contributed by atoms with Gasteiger partial charge < -0.3 is 5.73 Å². The monoisotopic (exact) mass is 205 g/mol. The van der Waals surface area contributed by atoms with E-state index < -0.39 is 0 Å². The highest BCUT2D eigenvalue weighted by Crippen LogP contribution is 2.55. The first kappa shape index (κ1) is 9.25. The molecule has 0 aliphatic heterocycles. The highest BCUT2D eigenvalue weighted by molar-refractivity contribution is 5.42. The molecule has 0 amide bonds. The number of anilines is 1. The van der Waals surface area contributed by atoms with Gasteiger partial charge in [0.05, 0.1) is 5.69 Å². The maximum absolute atomic E-state index is 5.91. The van der Waals surface area contributed by atoms with Gasteiger partial charge in [-0.15, -0.1) is 0 Å². The van der Waals surface area contributed by atoms with E-state index in [-0.39, 0.29) is 0 Å². The molecule has 2 fully saturated rings. The van der Waals surface area contributed by atoms with Crippen molar-refractivity contribution in [1.29, 1.82) is 0 Å². The summed E-state index contributed by atoms with van der Waals surface area (Å²) in [6, 6.07) is 0. The van der Waals surface area contributed by atoms with E-state index in [1.54, 1.807) is 4.68 Å². The predicted octanol–water partition coefficient (Wildman–Crippen LogP) is 1.90. The molecule has 2 saturated carbocycles. The van der Waals surface area contributed by atoms with Crippen LogP contribution in [0.1, 0.15) is 30.5 Å². The van der Waals surface area contributed by atoms with Crippen LogP contribution in [0, 0.1) is 24.7 Å². The number of hydrogen-bond acceptors (Lipinski definition) is 2. The molecule has 82 valence electrons. The van der Waals surface area contributed by atoms with Gasteiger partial charge in [-0.3, -0.25) is 4.68 Å². The van der Waals surface area contributed by atoms with Crippen LogP contribution < -0.4 is 5.73 Å². The normalized spacial score (nSPS) is 29.5. The molecule has 0 spiro atoms. The first-order valence-electron chi connectivity index (χ1n) is 5.94. The molecule has 3 rings (SSSR count). The molecule has 0 radical (unpaired) electrons. The molecular weight excluding hydrogens is 186 g/mol. The van der Waals surface area contributed by atoms with Crippen molar-refractivity contribution >= 4 is 5.82 Å². The summed E-state index contributed by atoms with van der Waals surface area (Å²) >= 11 is 0. The minimum atomic E-state index is 0.827. The van der Waals surface area contributed by atoms with Crippen LogP contribution in [0.4, 0.5) is 5.82 Å². The van der Waals surface area contributed by atoms with Gasteiger partial charge in [-0.2, -0.15) is 5.10 Å². The second-order valence-electron chi connectivity index (χ2n) is 5.28.